The van der Waals surface area contributed by atoms with Gasteiger partial charge in [-0.2, -0.15) is 0 Å². The largest absolute Gasteiger partial charge is 0.494 e. The Morgan fingerprint density at radius 2 is 1.77 bits per heavy atom. The van der Waals surface area contributed by atoms with Gasteiger partial charge in [-0.15, -0.1) is 0 Å². The van der Waals surface area contributed by atoms with Crippen LogP contribution < -0.4 is 4.74 Å². The van der Waals surface area contributed by atoms with E-state index in [4.69, 9.17) is 4.74 Å². The zero-order valence-corrected chi connectivity index (χ0v) is 15.7. The first kappa shape index (κ1) is 17.8. The number of benzene rings is 2. The van der Waals surface area contributed by atoms with Crippen LogP contribution in [0.25, 0.3) is 10.8 Å². The van der Waals surface area contributed by atoms with Crippen molar-refractivity contribution in [3.8, 4) is 5.75 Å². The molecular formula is C23H28F2O. The van der Waals surface area contributed by atoms with Crippen LogP contribution in [0.2, 0.25) is 0 Å². The molecule has 4 atom stereocenters. The van der Waals surface area contributed by atoms with E-state index in [1.54, 1.807) is 6.07 Å². The Hall–Kier alpha value is -1.64. The number of ether oxygens (including phenoxy) is 1. The average Bonchev–Trinajstić information content (AvgIpc) is 2.67. The molecule has 0 spiro atoms. The van der Waals surface area contributed by atoms with Crippen molar-refractivity contribution >= 4 is 10.8 Å². The van der Waals surface area contributed by atoms with Crippen molar-refractivity contribution < 1.29 is 13.5 Å². The Balaban J connectivity index is 1.60. The van der Waals surface area contributed by atoms with Crippen molar-refractivity contribution in [2.75, 3.05) is 7.11 Å². The van der Waals surface area contributed by atoms with Crippen LogP contribution in [0.3, 0.4) is 0 Å². The topological polar surface area (TPSA) is 9.23 Å². The van der Waals surface area contributed by atoms with Gasteiger partial charge in [0.1, 0.15) is 5.82 Å². The van der Waals surface area contributed by atoms with Gasteiger partial charge in [0, 0.05) is 5.39 Å². The highest BCUT2D eigenvalue weighted by molar-refractivity contribution is 5.85. The van der Waals surface area contributed by atoms with Gasteiger partial charge in [0.2, 0.25) is 0 Å². The summed E-state index contributed by atoms with van der Waals surface area (Å²) in [7, 11) is 1.43. The van der Waals surface area contributed by atoms with Gasteiger partial charge >= 0.3 is 0 Å². The molecule has 2 saturated carbocycles. The zero-order chi connectivity index (χ0) is 18.3. The molecule has 140 valence electrons. The molecule has 0 aliphatic heterocycles. The molecule has 0 N–H and O–H groups in total. The molecule has 2 aliphatic carbocycles. The van der Waals surface area contributed by atoms with E-state index in [0.29, 0.717) is 5.39 Å². The van der Waals surface area contributed by atoms with Crippen LogP contribution in [0, 0.1) is 29.4 Å². The highest BCUT2D eigenvalue weighted by Crippen LogP contribution is 2.48. The minimum Gasteiger partial charge on any atom is -0.494 e. The van der Waals surface area contributed by atoms with Crippen LogP contribution >= 0.6 is 0 Å². The Bertz CT molecular complexity index is 800. The molecule has 0 bridgehead atoms. The fourth-order valence-corrected chi connectivity index (χ4v) is 5.42. The van der Waals surface area contributed by atoms with Crippen LogP contribution in [0.15, 0.2) is 24.3 Å². The average molecular weight is 358 g/mol. The van der Waals surface area contributed by atoms with E-state index in [1.165, 1.54) is 45.3 Å². The van der Waals surface area contributed by atoms with Gasteiger partial charge in [0.15, 0.2) is 11.6 Å². The molecule has 0 saturated heterocycles. The van der Waals surface area contributed by atoms with Crippen molar-refractivity contribution in [1.82, 2.24) is 0 Å². The summed E-state index contributed by atoms with van der Waals surface area (Å²) >= 11 is 0. The molecular weight excluding hydrogens is 330 g/mol. The minimum absolute atomic E-state index is 0.165. The maximum atomic E-state index is 14.9. The molecule has 4 rings (SSSR count). The summed E-state index contributed by atoms with van der Waals surface area (Å²) in [5, 5.41) is 1.07. The van der Waals surface area contributed by atoms with Gasteiger partial charge in [-0.3, -0.25) is 0 Å². The number of fused-ring (bicyclic) bond motifs is 2. The molecule has 2 fully saturated rings. The van der Waals surface area contributed by atoms with Gasteiger partial charge < -0.3 is 4.74 Å². The second kappa shape index (κ2) is 7.17. The Morgan fingerprint density at radius 3 is 2.54 bits per heavy atom. The molecule has 0 amide bonds. The third-order valence-corrected chi connectivity index (χ3v) is 6.99. The highest BCUT2D eigenvalue weighted by atomic mass is 19.1. The first-order chi connectivity index (χ1) is 12.6. The van der Waals surface area contributed by atoms with Crippen LogP contribution in [-0.2, 0) is 0 Å². The summed E-state index contributed by atoms with van der Waals surface area (Å²) in [5.41, 5.74) is 0.776. The lowest BCUT2D eigenvalue weighted by atomic mass is 9.63. The summed E-state index contributed by atoms with van der Waals surface area (Å²) in [4.78, 5) is 0. The second-order valence-corrected chi connectivity index (χ2v) is 8.29. The third kappa shape index (κ3) is 3.10. The van der Waals surface area contributed by atoms with E-state index >= 15 is 0 Å². The first-order valence-corrected chi connectivity index (χ1v) is 10.1. The van der Waals surface area contributed by atoms with Crippen LogP contribution in [0.4, 0.5) is 8.78 Å². The Kier molecular flexibility index (Phi) is 4.90. The lowest BCUT2D eigenvalue weighted by Gasteiger charge is -2.42. The van der Waals surface area contributed by atoms with Gasteiger partial charge in [0.05, 0.1) is 7.11 Å². The monoisotopic (exact) mass is 358 g/mol. The van der Waals surface area contributed by atoms with Crippen LogP contribution in [0.1, 0.15) is 63.4 Å². The minimum atomic E-state index is -0.475. The quantitative estimate of drug-likeness (QED) is 0.584. The zero-order valence-electron chi connectivity index (χ0n) is 15.7. The van der Waals surface area contributed by atoms with E-state index in [1.807, 2.05) is 12.1 Å². The summed E-state index contributed by atoms with van der Waals surface area (Å²) in [6.45, 7) is 2.30. The molecule has 2 aromatic rings. The number of methoxy groups -OCH3 is 1. The number of halogens is 2. The summed E-state index contributed by atoms with van der Waals surface area (Å²) in [6.07, 6.45) is 8.62. The number of hydrogen-bond donors (Lipinski definition) is 0. The predicted octanol–water partition coefficient (Wildman–Crippen LogP) is 6.84. The van der Waals surface area contributed by atoms with Crippen molar-refractivity contribution in [2.45, 2.75) is 57.8 Å². The van der Waals surface area contributed by atoms with Crippen LogP contribution in [0.5, 0.6) is 5.75 Å². The molecule has 3 heteroatoms. The van der Waals surface area contributed by atoms with Crippen molar-refractivity contribution in [2.24, 2.45) is 17.8 Å². The molecule has 0 aromatic heterocycles. The predicted molar refractivity (Wildman–Crippen MR) is 102 cm³/mol. The van der Waals surface area contributed by atoms with Crippen molar-refractivity contribution in [1.29, 1.82) is 0 Å². The lowest BCUT2D eigenvalue weighted by Crippen LogP contribution is -2.30. The lowest BCUT2D eigenvalue weighted by molar-refractivity contribution is 0.115. The molecule has 2 unspecified atom stereocenters. The van der Waals surface area contributed by atoms with Crippen LogP contribution in [-0.4, -0.2) is 7.11 Å². The molecule has 2 aliphatic rings. The second-order valence-electron chi connectivity index (χ2n) is 8.29. The van der Waals surface area contributed by atoms with E-state index in [2.05, 4.69) is 6.92 Å². The number of rotatable bonds is 3. The van der Waals surface area contributed by atoms with E-state index in [9.17, 15) is 8.78 Å². The number of hydrogen-bond acceptors (Lipinski definition) is 1. The smallest absolute Gasteiger partial charge is 0.172 e. The van der Waals surface area contributed by atoms with Gasteiger partial charge in [-0.25, -0.2) is 8.78 Å². The van der Waals surface area contributed by atoms with Gasteiger partial charge in [-0.1, -0.05) is 25.8 Å². The van der Waals surface area contributed by atoms with E-state index in [-0.39, 0.29) is 17.5 Å². The first-order valence-electron chi connectivity index (χ1n) is 10.1. The molecule has 0 radical (unpaired) electrons. The Morgan fingerprint density at radius 1 is 1.00 bits per heavy atom. The van der Waals surface area contributed by atoms with Crippen molar-refractivity contribution in [3.63, 3.8) is 0 Å². The van der Waals surface area contributed by atoms with E-state index < -0.39 is 5.82 Å². The standard InChI is InChI=1S/C23H28F2O/c1-3-14-4-5-16-11-17(7-6-15(16)10-14)19-12-18-8-9-22(26-2)23(25)20(18)13-21(19)24/h8-9,12-17H,3-7,10-11H2,1-2H3/t14?,15-,16?,17-/m1/s1. The molecule has 2 aromatic carbocycles. The molecule has 1 nitrogen and oxygen atoms in total. The summed E-state index contributed by atoms with van der Waals surface area (Å²) < 4.78 is 34.3. The maximum absolute atomic E-state index is 14.9. The molecule has 26 heavy (non-hydrogen) atoms. The molecule has 0 heterocycles. The van der Waals surface area contributed by atoms with Gasteiger partial charge in [-0.05, 0) is 84.9 Å². The fraction of sp³-hybridized carbons (Fsp3) is 0.565. The Labute approximate surface area is 154 Å². The fourth-order valence-electron chi connectivity index (χ4n) is 5.42. The van der Waals surface area contributed by atoms with Gasteiger partial charge in [0.25, 0.3) is 0 Å². The highest BCUT2D eigenvalue weighted by Gasteiger charge is 2.36. The van der Waals surface area contributed by atoms with E-state index in [0.717, 1.165) is 41.5 Å². The van der Waals surface area contributed by atoms with Crippen molar-refractivity contribution in [3.05, 3.63) is 41.5 Å². The maximum Gasteiger partial charge on any atom is 0.172 e. The third-order valence-electron chi connectivity index (χ3n) is 6.99. The SMILES string of the molecule is CCC1CCC2C[C@H](c3cc4ccc(OC)c(F)c4cc3F)CC[C@@H]2C1. The normalized spacial score (nSPS) is 28.8. The summed E-state index contributed by atoms with van der Waals surface area (Å²) in [6, 6.07) is 6.69. The summed E-state index contributed by atoms with van der Waals surface area (Å²) in [5.74, 6) is 2.15.